The van der Waals surface area contributed by atoms with Crippen molar-refractivity contribution in [1.29, 1.82) is 0 Å². The topological polar surface area (TPSA) is 114 Å². The Morgan fingerprint density at radius 2 is 2.29 bits per heavy atom. The standard InChI is InChI=1S/C16H23N3O5/c1-16(10-20)7-3-4-14(16)17-9-15(21)18-12-6-5-11(24-2)8-13(12)19(22)23/h5-6,8,14,17,20H,3-4,7,9-10H2,1-2H3,(H,18,21). The van der Waals surface area contributed by atoms with E-state index in [1.54, 1.807) is 6.07 Å². The van der Waals surface area contributed by atoms with Gasteiger partial charge in [0.15, 0.2) is 0 Å². The minimum atomic E-state index is -0.564. The van der Waals surface area contributed by atoms with Gasteiger partial charge in [-0.25, -0.2) is 0 Å². The Morgan fingerprint density at radius 1 is 1.54 bits per heavy atom. The van der Waals surface area contributed by atoms with Gasteiger partial charge in [0, 0.05) is 18.1 Å². The van der Waals surface area contributed by atoms with Crippen molar-refractivity contribution in [2.45, 2.75) is 32.2 Å². The molecule has 1 amide bonds. The number of hydrogen-bond donors (Lipinski definition) is 3. The van der Waals surface area contributed by atoms with Crippen LogP contribution in [0.5, 0.6) is 5.75 Å². The second kappa shape index (κ2) is 7.59. The van der Waals surface area contributed by atoms with E-state index in [-0.39, 0.29) is 41.9 Å². The van der Waals surface area contributed by atoms with Crippen LogP contribution in [-0.2, 0) is 4.79 Å². The second-order valence-electron chi connectivity index (χ2n) is 6.33. The van der Waals surface area contributed by atoms with Crippen LogP contribution in [0.25, 0.3) is 0 Å². The zero-order chi connectivity index (χ0) is 17.7. The molecule has 0 aromatic heterocycles. The van der Waals surface area contributed by atoms with Crippen LogP contribution in [0.4, 0.5) is 11.4 Å². The fraction of sp³-hybridized carbons (Fsp3) is 0.562. The van der Waals surface area contributed by atoms with Gasteiger partial charge in [0.2, 0.25) is 5.91 Å². The highest BCUT2D eigenvalue weighted by Crippen LogP contribution is 2.37. The van der Waals surface area contributed by atoms with Crippen LogP contribution in [0.1, 0.15) is 26.2 Å². The van der Waals surface area contributed by atoms with E-state index in [2.05, 4.69) is 10.6 Å². The molecule has 1 aliphatic carbocycles. The Kier molecular flexibility index (Phi) is 5.74. The molecule has 2 unspecified atom stereocenters. The number of methoxy groups -OCH3 is 1. The normalized spacial score (nSPS) is 23.0. The lowest BCUT2D eigenvalue weighted by atomic mass is 9.86. The van der Waals surface area contributed by atoms with E-state index in [9.17, 15) is 20.0 Å². The summed E-state index contributed by atoms with van der Waals surface area (Å²) in [6.07, 6.45) is 2.81. The van der Waals surface area contributed by atoms with E-state index in [1.165, 1.54) is 19.2 Å². The molecule has 1 aliphatic rings. The Bertz CT molecular complexity index is 622. The summed E-state index contributed by atoms with van der Waals surface area (Å²) >= 11 is 0. The van der Waals surface area contributed by atoms with Gasteiger partial charge in [-0.15, -0.1) is 0 Å². The molecule has 0 spiro atoms. The van der Waals surface area contributed by atoms with Crippen LogP contribution in [-0.4, -0.2) is 42.2 Å². The molecule has 0 radical (unpaired) electrons. The first-order chi connectivity index (χ1) is 11.4. The third kappa shape index (κ3) is 4.01. The summed E-state index contributed by atoms with van der Waals surface area (Å²) in [6, 6.07) is 4.32. The minimum Gasteiger partial charge on any atom is -0.496 e. The number of nitrogens with zero attached hydrogens (tertiary/aromatic N) is 1. The van der Waals surface area contributed by atoms with E-state index in [0.717, 1.165) is 19.3 Å². The Morgan fingerprint density at radius 3 is 2.92 bits per heavy atom. The van der Waals surface area contributed by atoms with Gasteiger partial charge in [-0.1, -0.05) is 13.3 Å². The molecule has 0 saturated heterocycles. The summed E-state index contributed by atoms with van der Waals surface area (Å²) in [5, 5.41) is 26.3. The predicted molar refractivity (Wildman–Crippen MR) is 89.1 cm³/mol. The maximum absolute atomic E-state index is 12.1. The first kappa shape index (κ1) is 18.2. The van der Waals surface area contributed by atoms with Crippen molar-refractivity contribution in [3.63, 3.8) is 0 Å². The van der Waals surface area contributed by atoms with Crippen LogP contribution in [0, 0.1) is 15.5 Å². The van der Waals surface area contributed by atoms with Gasteiger partial charge in [-0.2, -0.15) is 0 Å². The number of aliphatic hydroxyl groups excluding tert-OH is 1. The van der Waals surface area contributed by atoms with Crippen LogP contribution in [0.15, 0.2) is 18.2 Å². The van der Waals surface area contributed by atoms with E-state index in [4.69, 9.17) is 4.74 Å². The molecule has 0 bridgehead atoms. The van der Waals surface area contributed by atoms with Gasteiger partial charge in [-0.3, -0.25) is 14.9 Å². The molecule has 8 heteroatoms. The molecule has 3 N–H and O–H groups in total. The Balaban J connectivity index is 1.99. The van der Waals surface area contributed by atoms with Crippen LogP contribution < -0.4 is 15.4 Å². The lowest BCUT2D eigenvalue weighted by molar-refractivity contribution is -0.384. The number of ether oxygens (including phenoxy) is 1. The van der Waals surface area contributed by atoms with Crippen molar-refractivity contribution in [3.8, 4) is 5.75 Å². The summed E-state index contributed by atoms with van der Waals surface area (Å²) in [6.45, 7) is 2.09. The first-order valence-electron chi connectivity index (χ1n) is 7.86. The summed E-state index contributed by atoms with van der Waals surface area (Å²) in [7, 11) is 1.42. The van der Waals surface area contributed by atoms with Crippen molar-refractivity contribution in [3.05, 3.63) is 28.3 Å². The molecule has 24 heavy (non-hydrogen) atoms. The summed E-state index contributed by atoms with van der Waals surface area (Å²) < 4.78 is 4.96. The number of anilines is 1. The second-order valence-corrected chi connectivity index (χ2v) is 6.33. The third-order valence-electron chi connectivity index (χ3n) is 4.63. The molecule has 8 nitrogen and oxygen atoms in total. The molecular weight excluding hydrogens is 314 g/mol. The number of nitro groups is 1. The van der Waals surface area contributed by atoms with Crippen LogP contribution >= 0.6 is 0 Å². The van der Waals surface area contributed by atoms with E-state index < -0.39 is 4.92 Å². The Labute approximate surface area is 140 Å². The van der Waals surface area contributed by atoms with Crippen molar-refractivity contribution in [2.75, 3.05) is 25.6 Å². The quantitative estimate of drug-likeness (QED) is 0.515. The number of rotatable bonds is 7. The number of carbonyl (C=O) groups is 1. The monoisotopic (exact) mass is 337 g/mol. The molecule has 1 aromatic carbocycles. The average Bonchev–Trinajstić information content (AvgIpc) is 2.94. The van der Waals surface area contributed by atoms with Gasteiger partial charge in [0.05, 0.1) is 24.6 Å². The largest absolute Gasteiger partial charge is 0.496 e. The predicted octanol–water partition coefficient (Wildman–Crippen LogP) is 1.68. The maximum Gasteiger partial charge on any atom is 0.296 e. The van der Waals surface area contributed by atoms with Gasteiger partial charge < -0.3 is 20.5 Å². The van der Waals surface area contributed by atoms with E-state index >= 15 is 0 Å². The number of nitro benzene ring substituents is 1. The molecule has 1 fully saturated rings. The maximum atomic E-state index is 12.1. The number of nitrogens with one attached hydrogen (secondary N) is 2. The zero-order valence-corrected chi connectivity index (χ0v) is 13.9. The van der Waals surface area contributed by atoms with Gasteiger partial charge >= 0.3 is 0 Å². The fourth-order valence-corrected chi connectivity index (χ4v) is 3.08. The van der Waals surface area contributed by atoms with Crippen LogP contribution in [0.3, 0.4) is 0 Å². The third-order valence-corrected chi connectivity index (χ3v) is 4.63. The fourth-order valence-electron chi connectivity index (χ4n) is 3.08. The molecule has 132 valence electrons. The number of hydrogen-bond acceptors (Lipinski definition) is 6. The summed E-state index contributed by atoms with van der Waals surface area (Å²) in [5.41, 5.74) is -0.320. The number of carbonyl (C=O) groups excluding carboxylic acids is 1. The molecular formula is C16H23N3O5. The highest BCUT2D eigenvalue weighted by molar-refractivity contribution is 5.94. The highest BCUT2D eigenvalue weighted by Gasteiger charge is 2.38. The van der Waals surface area contributed by atoms with Crippen molar-refractivity contribution < 1.29 is 19.6 Å². The number of aliphatic hydroxyl groups is 1. The van der Waals surface area contributed by atoms with Crippen molar-refractivity contribution in [2.24, 2.45) is 5.41 Å². The molecule has 2 atom stereocenters. The molecule has 1 aromatic rings. The van der Waals surface area contributed by atoms with E-state index in [1.807, 2.05) is 6.92 Å². The zero-order valence-electron chi connectivity index (χ0n) is 13.9. The lowest BCUT2D eigenvalue weighted by Gasteiger charge is -2.30. The highest BCUT2D eigenvalue weighted by atomic mass is 16.6. The van der Waals surface area contributed by atoms with E-state index in [0.29, 0.717) is 5.75 Å². The molecule has 0 aliphatic heterocycles. The minimum absolute atomic E-state index is 0.0312. The van der Waals surface area contributed by atoms with Crippen molar-refractivity contribution >= 4 is 17.3 Å². The van der Waals surface area contributed by atoms with Crippen LogP contribution in [0.2, 0.25) is 0 Å². The molecule has 1 saturated carbocycles. The molecule has 0 heterocycles. The Hall–Kier alpha value is -2.19. The SMILES string of the molecule is COc1ccc(NC(=O)CNC2CCCC2(C)CO)c([N+](=O)[O-])c1. The first-order valence-corrected chi connectivity index (χ1v) is 7.86. The smallest absolute Gasteiger partial charge is 0.296 e. The summed E-state index contributed by atoms with van der Waals surface area (Å²) in [4.78, 5) is 22.7. The average molecular weight is 337 g/mol. The van der Waals surface area contributed by atoms with Gasteiger partial charge in [0.25, 0.3) is 5.69 Å². The number of benzene rings is 1. The van der Waals surface area contributed by atoms with Gasteiger partial charge in [0.1, 0.15) is 11.4 Å². The van der Waals surface area contributed by atoms with Crippen molar-refractivity contribution in [1.82, 2.24) is 5.32 Å². The molecule has 2 rings (SSSR count). The van der Waals surface area contributed by atoms with Gasteiger partial charge in [-0.05, 0) is 25.0 Å². The number of amides is 1. The lowest BCUT2D eigenvalue weighted by Crippen LogP contribution is -2.44. The summed E-state index contributed by atoms with van der Waals surface area (Å²) in [5.74, 6) is -0.0158.